The highest BCUT2D eigenvalue weighted by Crippen LogP contribution is 2.32. The van der Waals surface area contributed by atoms with Gasteiger partial charge in [0, 0.05) is 28.8 Å². The molecule has 2 aromatic heterocycles. The van der Waals surface area contributed by atoms with Gasteiger partial charge in [-0.3, -0.25) is 9.59 Å². The van der Waals surface area contributed by atoms with Gasteiger partial charge in [-0.25, -0.2) is 0 Å². The molecule has 4 aromatic rings. The molecule has 0 atom stereocenters. The Morgan fingerprint density at radius 1 is 0.968 bits per heavy atom. The summed E-state index contributed by atoms with van der Waals surface area (Å²) < 4.78 is 12.4. The number of ether oxygens (including phenoxy) is 2. The standard InChI is InChI=1S/C24H17ClN2O4/c25-17-7-5-16(6-8-17)19-12-18-3-1-2-10-27(18)22(19)23(28)24(29)26-13-15-4-9-20-21(11-15)31-14-30-20/h1-12H,13-14H2,(H,26,29). The minimum atomic E-state index is -0.684. The molecule has 0 spiro atoms. The fourth-order valence-corrected chi connectivity index (χ4v) is 3.75. The first-order valence-corrected chi connectivity index (χ1v) is 10.0. The Labute approximate surface area is 183 Å². The zero-order valence-corrected chi connectivity index (χ0v) is 17.1. The molecule has 0 saturated heterocycles. The molecule has 0 aliphatic carbocycles. The monoisotopic (exact) mass is 432 g/mol. The van der Waals surface area contributed by atoms with E-state index in [9.17, 15) is 9.59 Å². The average Bonchev–Trinajstić information content (AvgIpc) is 3.41. The highest BCUT2D eigenvalue weighted by molar-refractivity contribution is 6.43. The number of hydrogen-bond acceptors (Lipinski definition) is 4. The van der Waals surface area contributed by atoms with Crippen LogP contribution < -0.4 is 14.8 Å². The number of halogens is 1. The van der Waals surface area contributed by atoms with Crippen LogP contribution in [-0.2, 0) is 11.3 Å². The van der Waals surface area contributed by atoms with Crippen molar-refractivity contribution >= 4 is 28.8 Å². The number of hydrogen-bond donors (Lipinski definition) is 1. The molecule has 0 radical (unpaired) electrons. The van der Waals surface area contributed by atoms with Crippen molar-refractivity contribution in [1.29, 1.82) is 0 Å². The minimum Gasteiger partial charge on any atom is -0.454 e. The maximum Gasteiger partial charge on any atom is 0.294 e. The quantitative estimate of drug-likeness (QED) is 0.372. The molecule has 5 rings (SSSR count). The molecule has 3 heterocycles. The van der Waals surface area contributed by atoms with Gasteiger partial charge in [-0.2, -0.15) is 0 Å². The van der Waals surface area contributed by atoms with Crippen molar-refractivity contribution in [3.63, 3.8) is 0 Å². The third kappa shape index (κ3) is 3.62. The number of Topliss-reactive ketones (excluding diaryl/α,β-unsaturated/α-hetero) is 1. The predicted octanol–water partition coefficient (Wildman–Crippen LogP) is 4.49. The van der Waals surface area contributed by atoms with Crippen molar-refractivity contribution in [2.75, 3.05) is 6.79 Å². The second kappa shape index (κ2) is 7.81. The number of nitrogens with one attached hydrogen (secondary N) is 1. The summed E-state index contributed by atoms with van der Waals surface area (Å²) >= 11 is 6.01. The van der Waals surface area contributed by atoms with Gasteiger partial charge in [0.25, 0.3) is 11.7 Å². The van der Waals surface area contributed by atoms with Gasteiger partial charge in [-0.15, -0.1) is 0 Å². The number of aromatic nitrogens is 1. The molecule has 1 amide bonds. The number of amides is 1. The Bertz CT molecular complexity index is 1310. The molecule has 0 saturated carbocycles. The zero-order valence-electron chi connectivity index (χ0n) is 16.3. The molecule has 1 N–H and O–H groups in total. The largest absolute Gasteiger partial charge is 0.454 e. The van der Waals surface area contributed by atoms with Crippen molar-refractivity contribution in [3.05, 3.63) is 89.2 Å². The van der Waals surface area contributed by atoms with Crippen molar-refractivity contribution in [3.8, 4) is 22.6 Å². The van der Waals surface area contributed by atoms with Gasteiger partial charge in [0.15, 0.2) is 11.5 Å². The van der Waals surface area contributed by atoms with E-state index in [1.807, 2.05) is 42.5 Å². The van der Waals surface area contributed by atoms with Gasteiger partial charge >= 0.3 is 0 Å². The lowest BCUT2D eigenvalue weighted by atomic mass is 10.0. The Kier molecular flexibility index (Phi) is 4.84. The van der Waals surface area contributed by atoms with Crippen LogP contribution in [0.1, 0.15) is 16.1 Å². The highest BCUT2D eigenvalue weighted by Gasteiger charge is 2.24. The third-order valence-electron chi connectivity index (χ3n) is 5.15. The molecule has 0 fully saturated rings. The first-order chi connectivity index (χ1) is 15.1. The van der Waals surface area contributed by atoms with Gasteiger partial charge in [-0.1, -0.05) is 35.9 Å². The van der Waals surface area contributed by atoms with E-state index in [4.69, 9.17) is 21.1 Å². The molecule has 1 aliphatic rings. The van der Waals surface area contributed by atoms with Crippen LogP contribution in [0.4, 0.5) is 0 Å². The number of carbonyl (C=O) groups excluding carboxylic acids is 2. The number of rotatable bonds is 5. The lowest BCUT2D eigenvalue weighted by molar-refractivity contribution is -0.117. The molecular formula is C24H17ClN2O4. The summed E-state index contributed by atoms with van der Waals surface area (Å²) in [6.07, 6.45) is 1.77. The topological polar surface area (TPSA) is 69.0 Å². The summed E-state index contributed by atoms with van der Waals surface area (Å²) in [5, 5.41) is 3.31. The van der Waals surface area contributed by atoms with E-state index in [2.05, 4.69) is 5.32 Å². The van der Waals surface area contributed by atoms with Crippen LogP contribution >= 0.6 is 11.6 Å². The van der Waals surface area contributed by atoms with Crippen LogP contribution in [0.5, 0.6) is 11.5 Å². The number of benzene rings is 2. The van der Waals surface area contributed by atoms with Crippen molar-refractivity contribution in [2.24, 2.45) is 0 Å². The zero-order chi connectivity index (χ0) is 21.4. The van der Waals surface area contributed by atoms with Gasteiger partial charge in [0.1, 0.15) is 5.69 Å². The van der Waals surface area contributed by atoms with E-state index >= 15 is 0 Å². The van der Waals surface area contributed by atoms with Crippen LogP contribution in [0, 0.1) is 0 Å². The molecule has 1 aliphatic heterocycles. The van der Waals surface area contributed by atoms with E-state index in [-0.39, 0.29) is 13.3 Å². The highest BCUT2D eigenvalue weighted by atomic mass is 35.5. The van der Waals surface area contributed by atoms with Crippen LogP contribution in [0.2, 0.25) is 5.02 Å². The van der Waals surface area contributed by atoms with Crippen LogP contribution in [-0.4, -0.2) is 22.9 Å². The lowest BCUT2D eigenvalue weighted by Gasteiger charge is -2.08. The molecule has 2 aromatic carbocycles. The summed E-state index contributed by atoms with van der Waals surface area (Å²) in [6, 6.07) is 20.1. The minimum absolute atomic E-state index is 0.179. The van der Waals surface area contributed by atoms with Crippen molar-refractivity contribution < 1.29 is 19.1 Å². The Hall–Kier alpha value is -3.77. The Morgan fingerprint density at radius 3 is 2.61 bits per heavy atom. The van der Waals surface area contributed by atoms with Gasteiger partial charge in [0.2, 0.25) is 6.79 Å². The SMILES string of the molecule is O=C(NCc1ccc2c(c1)OCO2)C(=O)c1c(-c2ccc(Cl)cc2)cc2ccccn12. The van der Waals surface area contributed by atoms with E-state index in [0.717, 1.165) is 16.6 Å². The fraction of sp³-hybridized carbons (Fsp3) is 0.0833. The van der Waals surface area contributed by atoms with E-state index in [1.165, 1.54) is 0 Å². The first kappa shape index (κ1) is 19.2. The van der Waals surface area contributed by atoms with Crippen LogP contribution in [0.15, 0.2) is 72.9 Å². The Balaban J connectivity index is 1.44. The van der Waals surface area contributed by atoms with Gasteiger partial charge < -0.3 is 19.2 Å². The number of carbonyl (C=O) groups is 2. The normalized spacial score (nSPS) is 12.2. The summed E-state index contributed by atoms with van der Waals surface area (Å²) in [6.45, 7) is 0.374. The summed E-state index contributed by atoms with van der Waals surface area (Å²) in [4.78, 5) is 26.0. The van der Waals surface area contributed by atoms with Crippen molar-refractivity contribution in [1.82, 2.24) is 9.72 Å². The second-order valence-electron chi connectivity index (χ2n) is 7.11. The number of fused-ring (bicyclic) bond motifs is 2. The molecule has 6 nitrogen and oxygen atoms in total. The van der Waals surface area contributed by atoms with Gasteiger partial charge in [-0.05, 0) is 53.6 Å². The average molecular weight is 433 g/mol. The lowest BCUT2D eigenvalue weighted by Crippen LogP contribution is -2.31. The molecule has 154 valence electrons. The maximum atomic E-state index is 13.2. The van der Waals surface area contributed by atoms with Crippen molar-refractivity contribution in [2.45, 2.75) is 6.54 Å². The fourth-order valence-electron chi connectivity index (χ4n) is 3.63. The number of ketones is 1. The molecular weight excluding hydrogens is 416 g/mol. The van der Waals surface area contributed by atoms with Crippen LogP contribution in [0.25, 0.3) is 16.6 Å². The summed E-state index contributed by atoms with van der Waals surface area (Å²) in [7, 11) is 0. The number of pyridine rings is 1. The predicted molar refractivity (Wildman–Crippen MR) is 117 cm³/mol. The summed E-state index contributed by atoms with van der Waals surface area (Å²) in [5.41, 5.74) is 3.41. The van der Waals surface area contributed by atoms with E-state index in [0.29, 0.717) is 27.8 Å². The maximum absolute atomic E-state index is 13.2. The number of nitrogens with zero attached hydrogens (tertiary/aromatic N) is 1. The second-order valence-corrected chi connectivity index (χ2v) is 7.54. The molecule has 7 heteroatoms. The van der Waals surface area contributed by atoms with E-state index < -0.39 is 11.7 Å². The smallest absolute Gasteiger partial charge is 0.294 e. The Morgan fingerprint density at radius 2 is 1.77 bits per heavy atom. The molecule has 0 bridgehead atoms. The molecule has 0 unspecified atom stereocenters. The van der Waals surface area contributed by atoms with E-state index in [1.54, 1.807) is 34.9 Å². The first-order valence-electron chi connectivity index (χ1n) is 9.67. The van der Waals surface area contributed by atoms with Gasteiger partial charge in [0.05, 0.1) is 0 Å². The third-order valence-corrected chi connectivity index (χ3v) is 5.40. The summed E-state index contributed by atoms with van der Waals surface area (Å²) in [5.74, 6) is -0.00674. The van der Waals surface area contributed by atoms with Crippen LogP contribution in [0.3, 0.4) is 0 Å². The molecule has 31 heavy (non-hydrogen) atoms.